The third-order valence-electron chi connectivity index (χ3n) is 13.1. The summed E-state index contributed by atoms with van der Waals surface area (Å²) in [6.07, 6.45) is -0.356. The summed E-state index contributed by atoms with van der Waals surface area (Å²) < 4.78 is 0. The highest BCUT2D eigenvalue weighted by molar-refractivity contribution is 6.00. The zero-order chi connectivity index (χ0) is 68.7. The van der Waals surface area contributed by atoms with E-state index in [4.69, 9.17) is 11.5 Å². The molecule has 14 amide bonds. The van der Waals surface area contributed by atoms with Crippen molar-refractivity contribution in [3.63, 3.8) is 0 Å². The molecule has 0 aromatic carbocycles. The second kappa shape index (κ2) is 39.1. The number of carbonyl (C=O) groups is 17. The van der Waals surface area contributed by atoms with Gasteiger partial charge in [0, 0.05) is 44.5 Å². The Bertz CT molecular complexity index is 2750. The molecule has 0 aliphatic rings. The zero-order valence-corrected chi connectivity index (χ0v) is 51.3. The number of hydrogen-bond donors (Lipinski definition) is 19. The van der Waals surface area contributed by atoms with Crippen LogP contribution in [0, 0.1) is 0 Å². The summed E-state index contributed by atoms with van der Waals surface area (Å²) in [6, 6.07) is -18.5. The second-order valence-electron chi connectivity index (χ2n) is 21.1. The molecule has 0 fully saturated rings. The Labute approximate surface area is 516 Å². The highest BCUT2D eigenvalue weighted by atomic mass is 16.4. The molecule has 0 spiro atoms. The van der Waals surface area contributed by atoms with Gasteiger partial charge in [0.05, 0.1) is 6.33 Å². The van der Waals surface area contributed by atoms with Crippen LogP contribution in [0.4, 0.5) is 0 Å². The molecule has 90 heavy (non-hydrogen) atoms. The largest absolute Gasteiger partial charge is 0.481 e. The second-order valence-corrected chi connectivity index (χ2v) is 21.1. The van der Waals surface area contributed by atoms with Crippen LogP contribution in [0.1, 0.15) is 126 Å². The topological polar surface area (TPSA) is 588 Å². The van der Waals surface area contributed by atoms with Crippen LogP contribution in [0.25, 0.3) is 0 Å². The van der Waals surface area contributed by atoms with E-state index in [2.05, 4.69) is 79.1 Å². The molecule has 0 saturated heterocycles. The molecule has 37 heteroatoms. The lowest BCUT2D eigenvalue weighted by Gasteiger charge is -2.26. The minimum Gasteiger partial charge on any atom is -0.481 e. The molecule has 1 heterocycles. The molecule has 1 aromatic heterocycles. The van der Waals surface area contributed by atoms with Crippen molar-refractivity contribution in [2.75, 3.05) is 6.54 Å². The summed E-state index contributed by atoms with van der Waals surface area (Å²) in [4.78, 5) is 224. The summed E-state index contributed by atoms with van der Waals surface area (Å²) in [5.41, 5.74) is 11.1. The summed E-state index contributed by atoms with van der Waals surface area (Å²) in [5, 5.41) is 58.6. The first-order valence-corrected chi connectivity index (χ1v) is 28.5. The number of primary amides is 1. The Balaban J connectivity index is 3.15. The third kappa shape index (κ3) is 29.7. The van der Waals surface area contributed by atoms with Crippen LogP contribution in [0.5, 0.6) is 0 Å². The maximum absolute atomic E-state index is 13.8. The first kappa shape index (κ1) is 78.2. The number of nitrogens with one attached hydrogen (secondary N) is 14. The molecule has 0 aliphatic carbocycles. The Morgan fingerprint density at radius 2 is 0.656 bits per heavy atom. The fraction of sp³-hybridized carbons (Fsp3) is 0.623. The first-order valence-electron chi connectivity index (χ1n) is 28.5. The predicted molar refractivity (Wildman–Crippen MR) is 311 cm³/mol. The van der Waals surface area contributed by atoms with E-state index in [9.17, 15) is 96.8 Å². The van der Waals surface area contributed by atoms with E-state index in [1.54, 1.807) is 0 Å². The van der Waals surface area contributed by atoms with Crippen molar-refractivity contribution in [1.29, 1.82) is 0 Å². The maximum atomic E-state index is 13.8. The molecule has 0 bridgehead atoms. The number of carboxylic acids is 3. The highest BCUT2D eigenvalue weighted by Crippen LogP contribution is 2.08. The Morgan fingerprint density at radius 3 is 0.956 bits per heavy atom. The van der Waals surface area contributed by atoms with E-state index in [-0.39, 0.29) is 19.4 Å². The van der Waals surface area contributed by atoms with Crippen LogP contribution in [0.3, 0.4) is 0 Å². The maximum Gasteiger partial charge on any atom is 0.303 e. The number of hydrogen-bond acceptors (Lipinski definition) is 19. The Morgan fingerprint density at radius 1 is 0.389 bits per heavy atom. The highest BCUT2D eigenvalue weighted by Gasteiger charge is 2.35. The van der Waals surface area contributed by atoms with Gasteiger partial charge in [0.25, 0.3) is 0 Å². The average Bonchev–Trinajstić information content (AvgIpc) is 2.49. The number of nitrogens with two attached hydrogens (primary N) is 2. The number of aromatic nitrogens is 2. The van der Waals surface area contributed by atoms with Crippen molar-refractivity contribution in [2.45, 2.75) is 205 Å². The van der Waals surface area contributed by atoms with Crippen molar-refractivity contribution in [1.82, 2.24) is 79.1 Å². The van der Waals surface area contributed by atoms with Gasteiger partial charge in [0.2, 0.25) is 82.7 Å². The lowest BCUT2D eigenvalue weighted by atomic mass is 10.1. The standard InChI is InChI=1S/C53H85N17O20/c1-23(41(55)78)59-49(86)33(12-10-11-19-54)69-52(89)36(15-18-40(76)77)68-47(84)29(7)62-44(81)26(4)65-53(90)37(20-32-21-56-22-57-32)70-48(85)30(8)64-51(88)35(14-17-39(74)75)67-46(83)28(6)61-43(80)25(3)63-50(87)34(13-16-38(72)73)66-45(82)27(5)60-42(79)24(2)58-31(9)71/h21-30,33-37H,10-20,54H2,1-9H3,(H2,55,78)(H,56,57)(H,58,71)(H,59,86)(H,60,79)(H,61,80)(H,62,81)(H,63,87)(H,64,88)(H,65,90)(H,66,82)(H,67,83)(H,68,84)(H,69,89)(H,70,85)(H,72,73)(H,74,75)(H,76,77)/t23-,24-,25-,26-,27-,28-,29-,30-,33-,34-,35-,36-,37-/m0/s1. The number of unbranched alkanes of at least 4 members (excludes halogenated alkanes) is 1. The molecule has 0 saturated carbocycles. The van der Waals surface area contributed by atoms with Crippen molar-refractivity contribution < 1.29 is 96.8 Å². The minimum absolute atomic E-state index is 0.0326. The van der Waals surface area contributed by atoms with Crippen molar-refractivity contribution in [2.24, 2.45) is 11.5 Å². The van der Waals surface area contributed by atoms with Gasteiger partial charge >= 0.3 is 17.9 Å². The van der Waals surface area contributed by atoms with Crippen molar-refractivity contribution in [3.05, 3.63) is 18.2 Å². The number of carboxylic acid groups (broad SMARTS) is 3. The molecular formula is C53H85N17O20. The molecule has 0 aliphatic heterocycles. The van der Waals surface area contributed by atoms with E-state index in [0.29, 0.717) is 18.5 Å². The average molecular weight is 1280 g/mol. The number of aromatic amines is 1. The summed E-state index contributed by atoms with van der Waals surface area (Å²) in [5.74, 6) is -17.1. The first-order chi connectivity index (χ1) is 42.0. The fourth-order valence-electron chi connectivity index (χ4n) is 7.76. The van der Waals surface area contributed by atoms with Crippen LogP contribution >= 0.6 is 0 Å². The number of imidazole rings is 1. The molecule has 13 atom stereocenters. The quantitative estimate of drug-likeness (QED) is 0.0271. The van der Waals surface area contributed by atoms with Gasteiger partial charge in [-0.25, -0.2) is 4.98 Å². The van der Waals surface area contributed by atoms with E-state index in [1.807, 2.05) is 0 Å². The zero-order valence-electron chi connectivity index (χ0n) is 51.3. The number of H-pyrrole nitrogens is 1. The predicted octanol–water partition coefficient (Wildman–Crippen LogP) is -7.36. The van der Waals surface area contributed by atoms with Gasteiger partial charge in [0.1, 0.15) is 78.5 Å². The van der Waals surface area contributed by atoms with E-state index < -0.39 is 218 Å². The normalized spacial score (nSPS) is 15.2. The number of rotatable bonds is 41. The van der Waals surface area contributed by atoms with Crippen LogP contribution in [0.2, 0.25) is 0 Å². The molecule has 1 aromatic rings. The third-order valence-corrected chi connectivity index (χ3v) is 13.1. The van der Waals surface area contributed by atoms with Crippen molar-refractivity contribution in [3.8, 4) is 0 Å². The molecule has 0 radical (unpaired) electrons. The summed E-state index contributed by atoms with van der Waals surface area (Å²) in [6.45, 7) is 11.2. The van der Waals surface area contributed by atoms with Crippen LogP contribution in [0.15, 0.2) is 12.5 Å². The molecule has 21 N–H and O–H groups in total. The molecule has 1 rings (SSSR count). The number of carbonyl (C=O) groups excluding carboxylic acids is 14. The fourth-order valence-corrected chi connectivity index (χ4v) is 7.76. The lowest BCUT2D eigenvalue weighted by molar-refractivity contribution is -0.139. The summed E-state index contributed by atoms with van der Waals surface area (Å²) >= 11 is 0. The summed E-state index contributed by atoms with van der Waals surface area (Å²) in [7, 11) is 0. The van der Waals surface area contributed by atoms with Gasteiger partial charge in [-0.1, -0.05) is 0 Å². The number of aliphatic carboxylic acids is 3. The van der Waals surface area contributed by atoms with Gasteiger partial charge in [-0.05, 0) is 100 Å². The monoisotopic (exact) mass is 1280 g/mol. The lowest BCUT2D eigenvalue weighted by Crippen LogP contribution is -2.60. The van der Waals surface area contributed by atoms with Crippen LogP contribution < -0.4 is 80.6 Å². The van der Waals surface area contributed by atoms with Gasteiger partial charge in [-0.15, -0.1) is 0 Å². The van der Waals surface area contributed by atoms with Crippen LogP contribution in [-0.2, 0) is 87.9 Å². The minimum atomic E-state index is -1.68. The van der Waals surface area contributed by atoms with E-state index in [1.165, 1.54) is 67.9 Å². The molecular weight excluding hydrogens is 1190 g/mol. The van der Waals surface area contributed by atoms with E-state index >= 15 is 0 Å². The number of nitrogens with zero attached hydrogens (tertiary/aromatic N) is 1. The van der Waals surface area contributed by atoms with Crippen molar-refractivity contribution >= 4 is 101 Å². The SMILES string of the molecule is CC(=O)N[C@@H](C)C(=O)N[C@@H](C)C(=O)N[C@@H](CCC(=O)O)C(=O)N[C@@H](C)C(=O)N[C@@H](C)C(=O)N[C@@H](CCC(=O)O)C(=O)N[C@@H](C)C(=O)N[C@@H](Cc1cnc[nH]1)C(=O)N[C@@H](C)C(=O)N[C@@H](C)C(=O)N[C@@H](CCC(=O)O)C(=O)N[C@@H](CCCCN)C(=O)N[C@@H](C)C(N)=O. The molecule has 37 nitrogen and oxygen atoms in total. The van der Waals surface area contributed by atoms with Gasteiger partial charge in [-0.2, -0.15) is 0 Å². The van der Waals surface area contributed by atoms with Gasteiger partial charge in [-0.3, -0.25) is 81.5 Å². The van der Waals surface area contributed by atoms with Crippen LogP contribution in [-0.4, -0.2) is 211 Å². The Hall–Kier alpha value is -9.84. The smallest absolute Gasteiger partial charge is 0.303 e. The van der Waals surface area contributed by atoms with Gasteiger partial charge in [0.15, 0.2) is 0 Å². The van der Waals surface area contributed by atoms with Gasteiger partial charge < -0.3 is 101 Å². The van der Waals surface area contributed by atoms with E-state index in [0.717, 1.165) is 6.92 Å². The molecule has 502 valence electrons. The Kier molecular flexibility index (Phi) is 34.0. The molecule has 0 unspecified atom stereocenters. The number of amides is 14.